The van der Waals surface area contributed by atoms with Crippen LogP contribution in [0.1, 0.15) is 27.2 Å². The molecule has 0 aromatic carbocycles. The third kappa shape index (κ3) is 7.25. The highest BCUT2D eigenvalue weighted by molar-refractivity contribution is 7.97. The lowest BCUT2D eigenvalue weighted by molar-refractivity contribution is -0.165. The van der Waals surface area contributed by atoms with E-state index in [0.29, 0.717) is 12.2 Å². The lowest BCUT2D eigenvalue weighted by atomic mass is 10.5. The predicted molar refractivity (Wildman–Crippen MR) is 60.7 cm³/mol. The van der Waals surface area contributed by atoms with Crippen molar-refractivity contribution in [3.8, 4) is 0 Å². The van der Waals surface area contributed by atoms with Crippen LogP contribution in [0.25, 0.3) is 0 Å². The van der Waals surface area contributed by atoms with Gasteiger partial charge in [0.2, 0.25) is 12.5 Å². The molecule has 0 aromatic heterocycles. The third-order valence-corrected chi connectivity index (χ3v) is 4.14. The van der Waals surface area contributed by atoms with E-state index in [9.17, 15) is 9.59 Å². The van der Waals surface area contributed by atoms with Gasteiger partial charge in [-0.2, -0.15) is 0 Å². The van der Waals surface area contributed by atoms with Crippen molar-refractivity contribution in [3.63, 3.8) is 0 Å². The Morgan fingerprint density at radius 3 is 2.00 bits per heavy atom. The minimum atomic E-state index is -0.354. The first-order chi connectivity index (χ1) is 7.13. The molecule has 0 rings (SSSR count). The maximum absolute atomic E-state index is 11.2. The molecule has 0 fully saturated rings. The van der Waals surface area contributed by atoms with Crippen LogP contribution in [0.2, 0.25) is 0 Å². The zero-order chi connectivity index (χ0) is 11.7. The molecule has 0 aliphatic heterocycles. The SMILES string of the molecule is CCC(=O)OCOC(=O)C[S+](CC)CC. The molecule has 0 spiro atoms. The van der Waals surface area contributed by atoms with Crippen molar-refractivity contribution in [2.24, 2.45) is 0 Å². The lowest BCUT2D eigenvalue weighted by Gasteiger charge is -2.05. The molecule has 0 aliphatic carbocycles. The van der Waals surface area contributed by atoms with Crippen LogP contribution < -0.4 is 0 Å². The van der Waals surface area contributed by atoms with Crippen molar-refractivity contribution < 1.29 is 19.1 Å². The zero-order valence-corrected chi connectivity index (χ0v) is 10.4. The number of hydrogen-bond donors (Lipinski definition) is 0. The average Bonchev–Trinajstić information content (AvgIpc) is 2.25. The summed E-state index contributed by atoms with van der Waals surface area (Å²) < 4.78 is 9.41. The van der Waals surface area contributed by atoms with Crippen LogP contribution in [0.15, 0.2) is 0 Å². The first-order valence-corrected chi connectivity index (χ1v) is 6.82. The van der Waals surface area contributed by atoms with Gasteiger partial charge in [0.25, 0.3) is 0 Å². The molecule has 15 heavy (non-hydrogen) atoms. The molecule has 0 atom stereocenters. The maximum Gasteiger partial charge on any atom is 0.359 e. The van der Waals surface area contributed by atoms with E-state index in [0.717, 1.165) is 11.5 Å². The maximum atomic E-state index is 11.2. The van der Waals surface area contributed by atoms with Crippen LogP contribution >= 0.6 is 0 Å². The normalized spacial score (nSPS) is 10.1. The summed E-state index contributed by atoms with van der Waals surface area (Å²) in [5.41, 5.74) is 0. The first kappa shape index (κ1) is 14.3. The summed E-state index contributed by atoms with van der Waals surface area (Å²) in [6, 6.07) is 0. The van der Waals surface area contributed by atoms with E-state index >= 15 is 0 Å². The van der Waals surface area contributed by atoms with Crippen molar-refractivity contribution in [1.82, 2.24) is 0 Å². The summed E-state index contributed by atoms with van der Waals surface area (Å²) in [7, 11) is 0.101. The molecule has 0 saturated carbocycles. The molecule has 5 heteroatoms. The molecule has 0 aliphatic rings. The highest BCUT2D eigenvalue weighted by atomic mass is 32.2. The van der Waals surface area contributed by atoms with Gasteiger partial charge in [-0.25, -0.2) is 4.79 Å². The lowest BCUT2D eigenvalue weighted by Crippen LogP contribution is -2.23. The number of rotatable bonds is 7. The second kappa shape index (κ2) is 8.59. The molecule has 0 amide bonds. The summed E-state index contributed by atoms with van der Waals surface area (Å²) >= 11 is 0. The van der Waals surface area contributed by atoms with Gasteiger partial charge in [-0.15, -0.1) is 0 Å². The van der Waals surface area contributed by atoms with Gasteiger partial charge in [0, 0.05) is 6.42 Å². The van der Waals surface area contributed by atoms with Crippen molar-refractivity contribution >= 4 is 22.8 Å². The Morgan fingerprint density at radius 2 is 1.53 bits per heavy atom. The number of esters is 2. The Labute approximate surface area is 93.7 Å². The molecular formula is C10H19O4S+. The van der Waals surface area contributed by atoms with Gasteiger partial charge in [0.15, 0.2) is 0 Å². The van der Waals surface area contributed by atoms with E-state index in [1.165, 1.54) is 0 Å². The standard InChI is InChI=1S/C10H19O4S/c1-4-9(11)13-8-14-10(12)7-15(5-2)6-3/h4-8H2,1-3H3/q+1. The monoisotopic (exact) mass is 235 g/mol. The van der Waals surface area contributed by atoms with Gasteiger partial charge in [0.1, 0.15) is 11.5 Å². The molecule has 88 valence electrons. The fourth-order valence-corrected chi connectivity index (χ4v) is 2.11. The number of hydrogen-bond acceptors (Lipinski definition) is 4. The van der Waals surface area contributed by atoms with Gasteiger partial charge in [-0.1, -0.05) is 6.92 Å². The van der Waals surface area contributed by atoms with Gasteiger partial charge in [-0.3, -0.25) is 4.79 Å². The Balaban J connectivity index is 3.61. The van der Waals surface area contributed by atoms with E-state index < -0.39 is 0 Å². The summed E-state index contributed by atoms with van der Waals surface area (Å²) in [4.78, 5) is 22.0. The van der Waals surface area contributed by atoms with Crippen LogP contribution in [0.3, 0.4) is 0 Å². The van der Waals surface area contributed by atoms with E-state index in [1.54, 1.807) is 6.92 Å². The Hall–Kier alpha value is -0.710. The minimum Gasteiger partial charge on any atom is -0.428 e. The summed E-state index contributed by atoms with van der Waals surface area (Å²) in [5.74, 6) is 1.76. The third-order valence-electron chi connectivity index (χ3n) is 1.87. The Morgan fingerprint density at radius 1 is 1.00 bits per heavy atom. The number of carbonyl (C=O) groups is 2. The highest BCUT2D eigenvalue weighted by Gasteiger charge is 2.19. The molecule has 0 saturated heterocycles. The molecule has 0 aromatic rings. The van der Waals surface area contributed by atoms with Gasteiger partial charge < -0.3 is 9.47 Å². The molecule has 0 unspecified atom stereocenters. The minimum absolute atomic E-state index is 0.101. The second-order valence-electron chi connectivity index (χ2n) is 2.84. The average molecular weight is 235 g/mol. The molecule has 0 radical (unpaired) electrons. The quantitative estimate of drug-likeness (QED) is 0.377. The summed E-state index contributed by atoms with van der Waals surface area (Å²) in [6.07, 6.45) is 0.297. The molecular weight excluding hydrogens is 216 g/mol. The summed E-state index contributed by atoms with van der Waals surface area (Å²) in [5, 5.41) is 0. The van der Waals surface area contributed by atoms with Crippen LogP contribution in [-0.4, -0.2) is 36.0 Å². The summed E-state index contributed by atoms with van der Waals surface area (Å²) in [6.45, 7) is 5.54. The highest BCUT2D eigenvalue weighted by Crippen LogP contribution is 1.97. The second-order valence-corrected chi connectivity index (χ2v) is 5.51. The largest absolute Gasteiger partial charge is 0.428 e. The number of ether oxygens (including phenoxy) is 2. The van der Waals surface area contributed by atoms with Gasteiger partial charge in [-0.05, 0) is 24.7 Å². The van der Waals surface area contributed by atoms with E-state index in [1.807, 2.05) is 0 Å². The van der Waals surface area contributed by atoms with E-state index in [-0.39, 0.29) is 29.6 Å². The molecule has 0 heterocycles. The predicted octanol–water partition coefficient (Wildman–Crippen LogP) is 1.10. The van der Waals surface area contributed by atoms with Crippen molar-refractivity contribution in [2.75, 3.05) is 24.1 Å². The van der Waals surface area contributed by atoms with Crippen molar-refractivity contribution in [1.29, 1.82) is 0 Å². The van der Waals surface area contributed by atoms with Crippen LogP contribution in [0.5, 0.6) is 0 Å². The fourth-order valence-electron chi connectivity index (χ4n) is 0.880. The first-order valence-electron chi connectivity index (χ1n) is 5.09. The van der Waals surface area contributed by atoms with E-state index in [2.05, 4.69) is 18.6 Å². The number of carbonyl (C=O) groups excluding carboxylic acids is 2. The zero-order valence-electron chi connectivity index (χ0n) is 9.58. The topological polar surface area (TPSA) is 52.6 Å². The van der Waals surface area contributed by atoms with E-state index in [4.69, 9.17) is 4.74 Å². The van der Waals surface area contributed by atoms with Gasteiger partial charge >= 0.3 is 11.9 Å². The smallest absolute Gasteiger partial charge is 0.359 e. The Bertz CT molecular complexity index is 202. The Kier molecular flexibility index (Phi) is 8.18. The molecule has 4 nitrogen and oxygen atoms in total. The molecule has 0 N–H and O–H groups in total. The molecule has 0 bridgehead atoms. The van der Waals surface area contributed by atoms with Crippen molar-refractivity contribution in [3.05, 3.63) is 0 Å². The van der Waals surface area contributed by atoms with Crippen molar-refractivity contribution in [2.45, 2.75) is 27.2 Å². The van der Waals surface area contributed by atoms with Gasteiger partial charge in [0.05, 0.1) is 0 Å². The van der Waals surface area contributed by atoms with Crippen LogP contribution in [0.4, 0.5) is 0 Å². The van der Waals surface area contributed by atoms with Crippen LogP contribution in [-0.2, 0) is 30.0 Å². The van der Waals surface area contributed by atoms with Crippen LogP contribution in [0, 0.1) is 0 Å². The fraction of sp³-hybridized carbons (Fsp3) is 0.800.